The van der Waals surface area contributed by atoms with E-state index in [4.69, 9.17) is 23.2 Å². The Bertz CT molecular complexity index is 285. The van der Waals surface area contributed by atoms with Gasteiger partial charge in [-0.15, -0.1) is 23.2 Å². The van der Waals surface area contributed by atoms with Crippen molar-refractivity contribution in [3.8, 4) is 0 Å². The Balaban J connectivity index is 2.44. The number of benzene rings is 1. The molecule has 1 aromatic rings. The lowest BCUT2D eigenvalue weighted by Crippen LogP contribution is -2.05. The first kappa shape index (κ1) is 11.5. The minimum Gasteiger partial charge on any atom is -0.294 e. The van der Waals surface area contributed by atoms with Gasteiger partial charge in [0.05, 0.1) is 0 Å². The van der Waals surface area contributed by atoms with Crippen LogP contribution < -0.4 is 0 Å². The maximum absolute atomic E-state index is 11.6. The van der Waals surface area contributed by atoms with Gasteiger partial charge in [0.2, 0.25) is 0 Å². The molecule has 0 aliphatic heterocycles. The van der Waals surface area contributed by atoms with Crippen LogP contribution in [-0.4, -0.2) is 17.0 Å². The van der Waals surface area contributed by atoms with E-state index in [1.807, 2.05) is 30.3 Å². The van der Waals surface area contributed by atoms with Crippen molar-refractivity contribution in [2.75, 3.05) is 5.88 Å². The number of hydrogen-bond donors (Lipinski definition) is 0. The molecular formula is C11H12Cl2O. The zero-order valence-electron chi connectivity index (χ0n) is 7.75. The Morgan fingerprint density at radius 2 is 1.93 bits per heavy atom. The molecule has 0 aliphatic carbocycles. The molecular weight excluding hydrogens is 219 g/mol. The molecule has 0 radical (unpaired) electrons. The third kappa shape index (κ3) is 3.69. The van der Waals surface area contributed by atoms with Gasteiger partial charge in [-0.25, -0.2) is 0 Å². The first-order valence-electron chi connectivity index (χ1n) is 4.52. The third-order valence-electron chi connectivity index (χ3n) is 1.95. The molecule has 1 rings (SSSR count). The molecule has 14 heavy (non-hydrogen) atoms. The zero-order chi connectivity index (χ0) is 10.4. The molecule has 0 N–H and O–H groups in total. The Hall–Kier alpha value is -0.530. The van der Waals surface area contributed by atoms with Crippen molar-refractivity contribution in [3.63, 3.8) is 0 Å². The van der Waals surface area contributed by atoms with E-state index >= 15 is 0 Å². The van der Waals surface area contributed by atoms with Crippen LogP contribution in [0.2, 0.25) is 0 Å². The molecule has 0 heterocycles. The number of halogens is 2. The summed E-state index contributed by atoms with van der Waals surface area (Å²) in [6.07, 6.45) is 1.10. The zero-order valence-corrected chi connectivity index (χ0v) is 9.26. The lowest BCUT2D eigenvalue weighted by atomic mass is 10.1. The van der Waals surface area contributed by atoms with E-state index in [1.54, 1.807) is 0 Å². The van der Waals surface area contributed by atoms with E-state index in [0.29, 0.717) is 18.7 Å². The maximum Gasteiger partial charge on any atom is 0.162 e. The van der Waals surface area contributed by atoms with Crippen molar-refractivity contribution in [3.05, 3.63) is 35.9 Å². The van der Waals surface area contributed by atoms with Crippen LogP contribution in [0.15, 0.2) is 30.3 Å². The summed E-state index contributed by atoms with van der Waals surface area (Å²) in [6, 6.07) is 9.22. The van der Waals surface area contributed by atoms with Gasteiger partial charge in [0.15, 0.2) is 5.78 Å². The maximum atomic E-state index is 11.6. The van der Waals surface area contributed by atoms with E-state index in [-0.39, 0.29) is 11.2 Å². The lowest BCUT2D eigenvalue weighted by molar-refractivity contribution is 0.0980. The van der Waals surface area contributed by atoms with Crippen LogP contribution in [0.5, 0.6) is 0 Å². The summed E-state index contributed by atoms with van der Waals surface area (Å²) in [6.45, 7) is 0. The molecule has 1 unspecified atom stereocenters. The van der Waals surface area contributed by atoms with E-state index in [1.165, 1.54) is 0 Å². The van der Waals surface area contributed by atoms with Gasteiger partial charge >= 0.3 is 0 Å². The summed E-state index contributed by atoms with van der Waals surface area (Å²) >= 11 is 11.4. The second-order valence-electron chi connectivity index (χ2n) is 3.08. The summed E-state index contributed by atoms with van der Waals surface area (Å²) in [7, 11) is 0. The number of Topliss-reactive ketones (excluding diaryl/α,β-unsaturated/α-hetero) is 1. The van der Waals surface area contributed by atoms with E-state index in [9.17, 15) is 4.79 Å². The molecule has 1 aromatic carbocycles. The van der Waals surface area contributed by atoms with Gasteiger partial charge in [-0.2, -0.15) is 0 Å². The highest BCUT2D eigenvalue weighted by atomic mass is 35.5. The average Bonchev–Trinajstić information content (AvgIpc) is 2.26. The Labute approximate surface area is 94.0 Å². The second-order valence-corrected chi connectivity index (χ2v) is 4.01. The standard InChI is InChI=1S/C11H12Cl2O/c12-8-10(13)6-7-11(14)9-4-2-1-3-5-9/h1-5,10H,6-8H2. The Morgan fingerprint density at radius 3 is 2.50 bits per heavy atom. The molecule has 0 bridgehead atoms. The van der Waals surface area contributed by atoms with Gasteiger partial charge < -0.3 is 0 Å². The largest absolute Gasteiger partial charge is 0.294 e. The van der Waals surface area contributed by atoms with Crippen molar-refractivity contribution in [2.24, 2.45) is 0 Å². The number of alkyl halides is 2. The fourth-order valence-corrected chi connectivity index (χ4v) is 1.40. The van der Waals surface area contributed by atoms with Gasteiger partial charge in [-0.1, -0.05) is 30.3 Å². The number of rotatable bonds is 5. The number of hydrogen-bond acceptors (Lipinski definition) is 1. The smallest absolute Gasteiger partial charge is 0.162 e. The predicted molar refractivity (Wildman–Crippen MR) is 60.4 cm³/mol. The number of carbonyl (C=O) groups is 1. The molecule has 0 saturated heterocycles. The highest BCUT2D eigenvalue weighted by molar-refractivity contribution is 6.28. The topological polar surface area (TPSA) is 17.1 Å². The van der Waals surface area contributed by atoms with Gasteiger partial charge in [0.25, 0.3) is 0 Å². The molecule has 0 fully saturated rings. The van der Waals surface area contributed by atoms with Gasteiger partial charge in [0.1, 0.15) is 0 Å². The van der Waals surface area contributed by atoms with Gasteiger partial charge in [0, 0.05) is 23.2 Å². The first-order valence-corrected chi connectivity index (χ1v) is 5.49. The van der Waals surface area contributed by atoms with Crippen molar-refractivity contribution >= 4 is 29.0 Å². The van der Waals surface area contributed by atoms with Crippen LogP contribution in [0, 0.1) is 0 Å². The Kier molecular flexibility index (Phi) is 4.99. The summed E-state index contributed by atoms with van der Waals surface area (Å²) in [5.41, 5.74) is 0.742. The van der Waals surface area contributed by atoms with Crippen LogP contribution in [0.4, 0.5) is 0 Å². The first-order chi connectivity index (χ1) is 6.74. The normalized spacial score (nSPS) is 12.4. The SMILES string of the molecule is O=C(CCC(Cl)CCl)c1ccccc1. The fourth-order valence-electron chi connectivity index (χ4n) is 1.13. The van der Waals surface area contributed by atoms with Crippen molar-refractivity contribution in [2.45, 2.75) is 18.2 Å². The highest BCUT2D eigenvalue weighted by Gasteiger charge is 2.08. The predicted octanol–water partition coefficient (Wildman–Crippen LogP) is 3.50. The molecule has 0 aromatic heterocycles. The summed E-state index contributed by atoms with van der Waals surface area (Å²) in [4.78, 5) is 11.6. The lowest BCUT2D eigenvalue weighted by Gasteiger charge is -2.04. The monoisotopic (exact) mass is 230 g/mol. The van der Waals surface area contributed by atoms with Crippen molar-refractivity contribution in [1.82, 2.24) is 0 Å². The average molecular weight is 231 g/mol. The van der Waals surface area contributed by atoms with Crippen LogP contribution in [0.25, 0.3) is 0 Å². The molecule has 0 aliphatic rings. The summed E-state index contributed by atoms with van der Waals surface area (Å²) < 4.78 is 0. The summed E-state index contributed by atoms with van der Waals surface area (Å²) in [5, 5.41) is -0.107. The minimum absolute atomic E-state index is 0.107. The molecule has 0 saturated carbocycles. The van der Waals surface area contributed by atoms with Crippen LogP contribution in [0.3, 0.4) is 0 Å². The third-order valence-corrected chi connectivity index (χ3v) is 2.85. The second kappa shape index (κ2) is 6.05. The number of ketones is 1. The molecule has 1 nitrogen and oxygen atoms in total. The quantitative estimate of drug-likeness (QED) is 0.560. The van der Waals surface area contributed by atoms with Crippen LogP contribution in [0.1, 0.15) is 23.2 Å². The van der Waals surface area contributed by atoms with Crippen LogP contribution >= 0.6 is 23.2 Å². The van der Waals surface area contributed by atoms with E-state index < -0.39 is 0 Å². The highest BCUT2D eigenvalue weighted by Crippen LogP contribution is 2.11. The number of carbonyl (C=O) groups excluding carboxylic acids is 1. The molecule has 76 valence electrons. The van der Waals surface area contributed by atoms with Gasteiger partial charge in [-0.05, 0) is 6.42 Å². The Morgan fingerprint density at radius 1 is 1.29 bits per heavy atom. The van der Waals surface area contributed by atoms with Crippen molar-refractivity contribution < 1.29 is 4.79 Å². The van der Waals surface area contributed by atoms with Crippen LogP contribution in [-0.2, 0) is 0 Å². The van der Waals surface area contributed by atoms with E-state index in [0.717, 1.165) is 5.56 Å². The minimum atomic E-state index is -0.107. The summed E-state index contributed by atoms with van der Waals surface area (Å²) in [5.74, 6) is 0.519. The van der Waals surface area contributed by atoms with E-state index in [2.05, 4.69) is 0 Å². The molecule has 1 atom stereocenters. The molecule has 3 heteroatoms. The molecule has 0 spiro atoms. The molecule has 0 amide bonds. The van der Waals surface area contributed by atoms with Crippen molar-refractivity contribution in [1.29, 1.82) is 0 Å². The van der Waals surface area contributed by atoms with Gasteiger partial charge in [-0.3, -0.25) is 4.79 Å². The fraction of sp³-hybridized carbons (Fsp3) is 0.364.